The van der Waals surface area contributed by atoms with E-state index in [2.05, 4.69) is 17.6 Å². The molecule has 1 aromatic carbocycles. The first kappa shape index (κ1) is 20.3. The molecule has 0 spiro atoms. The molecule has 0 bridgehead atoms. The number of likely N-dealkylation sites (N-methyl/N-ethyl adjacent to an activating group) is 1. The Morgan fingerprint density at radius 1 is 1.31 bits per heavy atom. The van der Waals surface area contributed by atoms with Crippen LogP contribution in [0.25, 0.3) is 10.4 Å². The number of amides is 1. The normalized spacial score (nSPS) is 28.3. The Balaban J connectivity index is 1.47. The molecular formula is C22H27FN2O3S. The Hall–Kier alpha value is -1.96. The van der Waals surface area contributed by atoms with Gasteiger partial charge in [-0.05, 0) is 61.5 Å². The second kappa shape index (κ2) is 8.42. The van der Waals surface area contributed by atoms with Gasteiger partial charge in [0.1, 0.15) is 11.9 Å². The molecule has 1 saturated carbocycles. The molecule has 0 radical (unpaired) electrons. The number of rotatable bonds is 5. The fourth-order valence-electron chi connectivity index (χ4n) is 4.29. The minimum absolute atomic E-state index is 0.179. The minimum atomic E-state index is -0.502. The number of carbonyl (C=O) groups excluding carboxylic acids is 1. The number of hydrogen-bond acceptors (Lipinski definition) is 5. The summed E-state index contributed by atoms with van der Waals surface area (Å²) >= 11 is 1.52. The van der Waals surface area contributed by atoms with Crippen LogP contribution in [0.3, 0.4) is 0 Å². The van der Waals surface area contributed by atoms with Gasteiger partial charge >= 0.3 is 6.09 Å². The number of anilines is 1. The van der Waals surface area contributed by atoms with Gasteiger partial charge < -0.3 is 14.8 Å². The number of halogens is 1. The number of ether oxygens (including phenoxy) is 2. The first-order valence-electron chi connectivity index (χ1n) is 10.1. The molecule has 2 aromatic rings. The summed E-state index contributed by atoms with van der Waals surface area (Å²) in [6.45, 7) is 4.14. The van der Waals surface area contributed by atoms with Gasteiger partial charge in [0.15, 0.2) is 0 Å². The summed E-state index contributed by atoms with van der Waals surface area (Å²) in [6, 6.07) is 6.55. The van der Waals surface area contributed by atoms with Crippen molar-refractivity contribution in [1.82, 2.24) is 5.32 Å². The van der Waals surface area contributed by atoms with Gasteiger partial charge in [-0.1, -0.05) is 13.3 Å². The van der Waals surface area contributed by atoms with Gasteiger partial charge in [-0.3, -0.25) is 5.32 Å². The largest absolute Gasteiger partial charge is 0.446 e. The summed E-state index contributed by atoms with van der Waals surface area (Å²) in [6.07, 6.45) is 2.32. The number of nitrogens with one attached hydrogen (secondary N) is 2. The zero-order chi connectivity index (χ0) is 20.5. The summed E-state index contributed by atoms with van der Waals surface area (Å²) in [7, 11) is 1.92. The van der Waals surface area contributed by atoms with E-state index in [0.717, 1.165) is 29.7 Å². The highest BCUT2D eigenvalue weighted by Gasteiger charge is 2.52. The SMILES string of the molecule is CC[C@H]1C[C@H](OC(=O)Nc2ccc(F)cc2-c2cc(C)cs2)C[C@@H](NC)[C@H]2O[C@@H]12. The van der Waals surface area contributed by atoms with Gasteiger partial charge in [-0.25, -0.2) is 9.18 Å². The lowest BCUT2D eigenvalue weighted by atomic mass is 9.96. The number of hydrogen-bond donors (Lipinski definition) is 2. The molecule has 2 N–H and O–H groups in total. The second-order valence-electron chi connectivity index (χ2n) is 7.93. The van der Waals surface area contributed by atoms with Gasteiger partial charge in [0.25, 0.3) is 0 Å². The highest BCUT2D eigenvalue weighted by Crippen LogP contribution is 2.41. The van der Waals surface area contributed by atoms with Crippen molar-refractivity contribution in [1.29, 1.82) is 0 Å². The fourth-order valence-corrected chi connectivity index (χ4v) is 5.23. The molecule has 5 nitrogen and oxygen atoms in total. The quantitative estimate of drug-likeness (QED) is 0.674. The maximum atomic E-state index is 13.8. The molecule has 1 aliphatic carbocycles. The van der Waals surface area contributed by atoms with Crippen LogP contribution in [-0.2, 0) is 9.47 Å². The van der Waals surface area contributed by atoms with Crippen LogP contribution in [0.15, 0.2) is 29.6 Å². The van der Waals surface area contributed by atoms with Crippen molar-refractivity contribution in [3.8, 4) is 10.4 Å². The molecule has 2 fully saturated rings. The van der Waals surface area contributed by atoms with Crippen molar-refractivity contribution in [2.45, 2.75) is 57.5 Å². The summed E-state index contributed by atoms with van der Waals surface area (Å²) in [5.74, 6) is 0.0576. The van der Waals surface area contributed by atoms with Gasteiger partial charge in [0, 0.05) is 22.9 Å². The monoisotopic (exact) mass is 418 g/mol. The van der Waals surface area contributed by atoms with Crippen molar-refractivity contribution in [2.24, 2.45) is 5.92 Å². The van der Waals surface area contributed by atoms with Crippen LogP contribution in [0.2, 0.25) is 0 Å². The Morgan fingerprint density at radius 2 is 2.14 bits per heavy atom. The number of benzene rings is 1. The number of epoxide rings is 1. The van der Waals surface area contributed by atoms with Crippen molar-refractivity contribution in [2.75, 3.05) is 12.4 Å². The molecule has 4 rings (SSSR count). The molecule has 2 heterocycles. The number of thiophene rings is 1. The first-order valence-corrected chi connectivity index (χ1v) is 11.0. The molecule has 29 heavy (non-hydrogen) atoms. The van der Waals surface area contributed by atoms with Crippen LogP contribution in [0.1, 0.15) is 31.7 Å². The van der Waals surface area contributed by atoms with E-state index in [1.165, 1.54) is 23.5 Å². The average Bonchev–Trinajstić information content (AvgIpc) is 3.39. The predicted molar refractivity (Wildman–Crippen MR) is 113 cm³/mol. The topological polar surface area (TPSA) is 62.9 Å². The number of aryl methyl sites for hydroxylation is 1. The van der Waals surface area contributed by atoms with Crippen LogP contribution < -0.4 is 10.6 Å². The van der Waals surface area contributed by atoms with Crippen LogP contribution in [0, 0.1) is 18.7 Å². The lowest BCUT2D eigenvalue weighted by Gasteiger charge is -2.23. The van der Waals surface area contributed by atoms with E-state index >= 15 is 0 Å². The fraction of sp³-hybridized carbons (Fsp3) is 0.500. The third kappa shape index (κ3) is 4.47. The maximum Gasteiger partial charge on any atom is 0.411 e. The van der Waals surface area contributed by atoms with Gasteiger partial charge in [-0.15, -0.1) is 11.3 Å². The Bertz CT molecular complexity index is 869. The van der Waals surface area contributed by atoms with Crippen molar-refractivity contribution in [3.63, 3.8) is 0 Å². The van der Waals surface area contributed by atoms with E-state index in [4.69, 9.17) is 9.47 Å². The van der Waals surface area contributed by atoms with E-state index < -0.39 is 6.09 Å². The molecule has 1 saturated heterocycles. The smallest absolute Gasteiger partial charge is 0.411 e. The maximum absolute atomic E-state index is 13.8. The third-order valence-electron chi connectivity index (χ3n) is 5.89. The van der Waals surface area contributed by atoms with E-state index in [-0.39, 0.29) is 30.2 Å². The molecule has 2 aliphatic rings. The summed E-state index contributed by atoms with van der Waals surface area (Å²) < 4.78 is 25.5. The Morgan fingerprint density at radius 3 is 2.83 bits per heavy atom. The summed E-state index contributed by atoms with van der Waals surface area (Å²) in [5.41, 5.74) is 2.32. The van der Waals surface area contributed by atoms with Crippen LogP contribution in [-0.4, -0.2) is 37.5 Å². The van der Waals surface area contributed by atoms with Crippen molar-refractivity contribution >= 4 is 23.1 Å². The van der Waals surface area contributed by atoms with Crippen molar-refractivity contribution < 1.29 is 18.7 Å². The zero-order valence-electron chi connectivity index (χ0n) is 16.9. The molecule has 156 valence electrons. The average molecular weight is 419 g/mol. The highest BCUT2D eigenvalue weighted by atomic mass is 32.1. The van der Waals surface area contributed by atoms with Crippen LogP contribution in [0.4, 0.5) is 14.9 Å². The van der Waals surface area contributed by atoms with Crippen LogP contribution in [0.5, 0.6) is 0 Å². The molecule has 1 aliphatic heterocycles. The van der Waals surface area contributed by atoms with E-state index in [1.807, 2.05) is 25.4 Å². The summed E-state index contributed by atoms with van der Waals surface area (Å²) in [4.78, 5) is 13.6. The van der Waals surface area contributed by atoms with Gasteiger partial charge in [0.05, 0.1) is 17.9 Å². The third-order valence-corrected chi connectivity index (χ3v) is 6.97. The van der Waals surface area contributed by atoms with Gasteiger partial charge in [0.2, 0.25) is 0 Å². The summed E-state index contributed by atoms with van der Waals surface area (Å²) in [5, 5.41) is 8.13. The molecular weight excluding hydrogens is 391 g/mol. The van der Waals surface area contributed by atoms with Crippen LogP contribution >= 0.6 is 11.3 Å². The number of carbonyl (C=O) groups is 1. The van der Waals surface area contributed by atoms with E-state index in [1.54, 1.807) is 6.07 Å². The standard InChI is InChI=1S/C22H27FN2O3S/c1-4-13-8-15(10-18(24-3)21-20(13)28-21)27-22(26)25-17-6-5-14(23)9-16(17)19-7-12(2)11-29-19/h5-7,9,11,13,15,18,20-21,24H,4,8,10H2,1-3H3,(H,25,26)/t13-,15-,18+,20-,21+/m0/s1. The zero-order valence-corrected chi connectivity index (χ0v) is 17.7. The molecule has 1 amide bonds. The lowest BCUT2D eigenvalue weighted by molar-refractivity contribution is 0.0742. The molecule has 0 unspecified atom stereocenters. The van der Waals surface area contributed by atoms with Gasteiger partial charge in [-0.2, -0.15) is 0 Å². The lowest BCUT2D eigenvalue weighted by Crippen LogP contribution is -2.35. The van der Waals surface area contributed by atoms with Crippen molar-refractivity contribution in [3.05, 3.63) is 41.0 Å². The van der Waals surface area contributed by atoms with E-state index in [9.17, 15) is 9.18 Å². The number of fused-ring (bicyclic) bond motifs is 1. The first-order chi connectivity index (χ1) is 14.0. The highest BCUT2D eigenvalue weighted by molar-refractivity contribution is 7.13. The molecule has 7 heteroatoms. The molecule has 5 atom stereocenters. The Kier molecular flexibility index (Phi) is 5.90. The predicted octanol–water partition coefficient (Wildman–Crippen LogP) is 4.96. The molecule has 1 aromatic heterocycles. The second-order valence-corrected chi connectivity index (χ2v) is 8.84. The minimum Gasteiger partial charge on any atom is -0.446 e. The Labute approximate surface area is 174 Å². The van der Waals surface area contributed by atoms with E-state index in [0.29, 0.717) is 17.2 Å².